The average Bonchev–Trinajstić information content (AvgIpc) is 3.38. The van der Waals surface area contributed by atoms with Crippen LogP contribution in [0.5, 0.6) is 0 Å². The van der Waals surface area contributed by atoms with Crippen molar-refractivity contribution in [1.82, 2.24) is 10.2 Å². The van der Waals surface area contributed by atoms with Gasteiger partial charge in [-0.05, 0) is 49.9 Å². The molecule has 1 fully saturated rings. The number of carbonyl (C=O) groups is 1. The smallest absolute Gasteiger partial charge is 0.324 e. The van der Waals surface area contributed by atoms with Crippen LogP contribution in [-0.4, -0.2) is 54.0 Å². The molecular formula is C28H52N2O2S2. The number of ether oxygens (including phenoxy) is 1. The third kappa shape index (κ3) is 11.2. The zero-order chi connectivity index (χ0) is 24.3. The summed E-state index contributed by atoms with van der Waals surface area (Å²) in [5, 5.41) is 5.64. The van der Waals surface area contributed by atoms with Gasteiger partial charge < -0.3 is 15.0 Å². The van der Waals surface area contributed by atoms with E-state index in [2.05, 4.69) is 35.0 Å². The second-order valence-corrected chi connectivity index (χ2v) is 12.2. The molecule has 2 atom stereocenters. The Hall–Kier alpha value is -0.330. The van der Waals surface area contributed by atoms with E-state index in [4.69, 9.17) is 4.74 Å². The maximum Gasteiger partial charge on any atom is 0.324 e. The fourth-order valence-electron chi connectivity index (χ4n) is 5.22. The summed E-state index contributed by atoms with van der Waals surface area (Å²) >= 11 is 3.51. The number of carbonyl (C=O) groups excluding carboxylic acids is 1. The van der Waals surface area contributed by atoms with E-state index < -0.39 is 4.75 Å². The minimum absolute atomic E-state index is 0.00805. The van der Waals surface area contributed by atoms with Crippen LogP contribution in [0.2, 0.25) is 0 Å². The van der Waals surface area contributed by atoms with Crippen LogP contribution in [0.15, 0.2) is 11.6 Å². The van der Waals surface area contributed by atoms with Gasteiger partial charge in [-0.2, -0.15) is 0 Å². The highest BCUT2D eigenvalue weighted by Gasteiger charge is 2.48. The van der Waals surface area contributed by atoms with E-state index in [-0.39, 0.29) is 5.97 Å². The first-order valence-corrected chi connectivity index (χ1v) is 16.5. The van der Waals surface area contributed by atoms with Crippen LogP contribution in [0, 0.1) is 5.92 Å². The van der Waals surface area contributed by atoms with E-state index in [9.17, 15) is 4.79 Å². The summed E-state index contributed by atoms with van der Waals surface area (Å²) in [7, 11) is 0. The molecule has 0 amide bonds. The average molecular weight is 513 g/mol. The van der Waals surface area contributed by atoms with E-state index in [1.165, 1.54) is 83.5 Å². The molecule has 198 valence electrons. The lowest BCUT2D eigenvalue weighted by Crippen LogP contribution is -2.55. The topological polar surface area (TPSA) is 41.6 Å². The van der Waals surface area contributed by atoms with Crippen LogP contribution in [0.25, 0.3) is 0 Å². The fraction of sp³-hybridized carbons (Fsp3) is 0.893. The lowest BCUT2D eigenvalue weighted by atomic mass is 9.84. The van der Waals surface area contributed by atoms with Gasteiger partial charge in [-0.3, -0.25) is 4.79 Å². The number of unbranched alkanes of at least 4 members (excludes halogenated alkanes) is 13. The van der Waals surface area contributed by atoms with Gasteiger partial charge >= 0.3 is 5.97 Å². The molecule has 0 bridgehead atoms. The van der Waals surface area contributed by atoms with Crippen LogP contribution >= 0.6 is 23.5 Å². The Kier molecular flexibility index (Phi) is 16.6. The molecule has 1 N–H and O–H groups in total. The molecule has 2 heterocycles. The SMILES string of the molecule is CCCCCCCCCCCCCCCCOC(=O)C(CN1C=CSC1)(SC)C1CCCNC1. The first-order valence-electron chi connectivity index (χ1n) is 14.2. The van der Waals surface area contributed by atoms with E-state index in [1.807, 2.05) is 0 Å². The van der Waals surface area contributed by atoms with Crippen LogP contribution in [0.3, 0.4) is 0 Å². The maximum atomic E-state index is 13.4. The lowest BCUT2D eigenvalue weighted by molar-refractivity contribution is -0.149. The van der Waals surface area contributed by atoms with Crippen LogP contribution in [0.1, 0.15) is 110 Å². The maximum absolute atomic E-state index is 13.4. The van der Waals surface area contributed by atoms with Gasteiger partial charge in [-0.15, -0.1) is 23.5 Å². The van der Waals surface area contributed by atoms with Gasteiger partial charge in [0, 0.05) is 12.7 Å². The Labute approximate surface area is 219 Å². The van der Waals surface area contributed by atoms with Crippen molar-refractivity contribution < 1.29 is 9.53 Å². The summed E-state index contributed by atoms with van der Waals surface area (Å²) < 4.78 is 5.45. The summed E-state index contributed by atoms with van der Waals surface area (Å²) in [6.07, 6.45) is 25.3. The van der Waals surface area contributed by atoms with Crippen molar-refractivity contribution >= 4 is 29.5 Å². The Bertz CT molecular complexity index is 555. The summed E-state index contributed by atoms with van der Waals surface area (Å²) in [6, 6.07) is 0. The van der Waals surface area contributed by atoms with Crippen molar-refractivity contribution in [1.29, 1.82) is 0 Å². The summed E-state index contributed by atoms with van der Waals surface area (Å²) in [6.45, 7) is 5.59. The molecule has 0 aromatic carbocycles. The van der Waals surface area contributed by atoms with E-state index in [0.29, 0.717) is 12.5 Å². The number of rotatable bonds is 20. The molecule has 0 aliphatic carbocycles. The first-order chi connectivity index (χ1) is 16.7. The molecule has 2 unspecified atom stereocenters. The molecular weight excluding hydrogens is 460 g/mol. The molecule has 2 rings (SSSR count). The number of piperidine rings is 1. The second kappa shape index (κ2) is 18.9. The molecule has 0 radical (unpaired) electrons. The number of hydrogen-bond donors (Lipinski definition) is 1. The molecule has 4 nitrogen and oxygen atoms in total. The number of esters is 1. The number of nitrogens with zero attached hydrogens (tertiary/aromatic N) is 1. The number of hydrogen-bond acceptors (Lipinski definition) is 6. The van der Waals surface area contributed by atoms with Crippen molar-refractivity contribution in [2.75, 3.05) is 38.4 Å². The molecule has 0 saturated carbocycles. The minimum atomic E-state index is -0.474. The molecule has 0 aromatic rings. The molecule has 1 saturated heterocycles. The van der Waals surface area contributed by atoms with Crippen molar-refractivity contribution in [3.8, 4) is 0 Å². The zero-order valence-corrected chi connectivity index (χ0v) is 23.8. The molecule has 6 heteroatoms. The summed E-state index contributed by atoms with van der Waals surface area (Å²) in [5.74, 6) is 1.28. The Morgan fingerprint density at radius 2 is 1.65 bits per heavy atom. The van der Waals surface area contributed by atoms with Gasteiger partial charge in [0.25, 0.3) is 0 Å². The van der Waals surface area contributed by atoms with Gasteiger partial charge in [0.2, 0.25) is 0 Å². The van der Waals surface area contributed by atoms with E-state index in [0.717, 1.165) is 44.8 Å². The molecule has 2 aliphatic heterocycles. The van der Waals surface area contributed by atoms with Crippen molar-refractivity contribution in [2.24, 2.45) is 5.92 Å². The second-order valence-electron chi connectivity index (χ2n) is 10.2. The number of nitrogens with one attached hydrogen (secondary N) is 1. The largest absolute Gasteiger partial charge is 0.465 e. The highest BCUT2D eigenvalue weighted by Crippen LogP contribution is 2.39. The van der Waals surface area contributed by atoms with Crippen LogP contribution in [-0.2, 0) is 9.53 Å². The first kappa shape index (κ1) is 29.9. The van der Waals surface area contributed by atoms with E-state index in [1.54, 1.807) is 23.5 Å². The number of thioether (sulfide) groups is 2. The van der Waals surface area contributed by atoms with Gasteiger partial charge in [-0.1, -0.05) is 90.4 Å². The van der Waals surface area contributed by atoms with Crippen LogP contribution in [0.4, 0.5) is 0 Å². The highest BCUT2D eigenvalue weighted by molar-refractivity contribution is 8.02. The standard InChI is InChI=1S/C28H52N2O2S2/c1-3-4-5-6-7-8-9-10-11-12-13-14-15-16-21-32-27(31)28(33-2,24-30-20-22-34-25-30)26-18-17-19-29-23-26/h20,22,26,29H,3-19,21,23-25H2,1-2H3. The van der Waals surface area contributed by atoms with Gasteiger partial charge in [0.1, 0.15) is 4.75 Å². The predicted octanol–water partition coefficient (Wildman–Crippen LogP) is 7.59. The monoisotopic (exact) mass is 512 g/mol. The summed E-state index contributed by atoms with van der Waals surface area (Å²) in [4.78, 5) is 15.7. The molecule has 0 spiro atoms. The Morgan fingerprint density at radius 3 is 2.15 bits per heavy atom. The molecule has 0 aromatic heterocycles. The highest BCUT2D eigenvalue weighted by atomic mass is 32.2. The van der Waals surface area contributed by atoms with Gasteiger partial charge in [0.05, 0.1) is 12.5 Å². The fourth-order valence-corrected chi connectivity index (χ4v) is 6.99. The lowest BCUT2D eigenvalue weighted by Gasteiger charge is -2.41. The van der Waals surface area contributed by atoms with Crippen molar-refractivity contribution in [3.05, 3.63) is 11.6 Å². The molecule has 34 heavy (non-hydrogen) atoms. The molecule has 2 aliphatic rings. The predicted molar refractivity (Wildman–Crippen MR) is 151 cm³/mol. The van der Waals surface area contributed by atoms with E-state index >= 15 is 0 Å². The minimum Gasteiger partial charge on any atom is -0.465 e. The normalized spacial score (nSPS) is 19.9. The van der Waals surface area contributed by atoms with Crippen LogP contribution < -0.4 is 5.32 Å². The van der Waals surface area contributed by atoms with Gasteiger partial charge in [0.15, 0.2) is 0 Å². The Morgan fingerprint density at radius 1 is 1.03 bits per heavy atom. The Balaban J connectivity index is 1.56. The third-order valence-electron chi connectivity index (χ3n) is 7.44. The quantitative estimate of drug-likeness (QED) is 0.134. The zero-order valence-electron chi connectivity index (χ0n) is 22.2. The summed E-state index contributed by atoms with van der Waals surface area (Å²) in [5.41, 5.74) is 0. The van der Waals surface area contributed by atoms with Gasteiger partial charge in [-0.25, -0.2) is 0 Å². The van der Waals surface area contributed by atoms with Crippen molar-refractivity contribution in [2.45, 2.75) is 114 Å². The third-order valence-corrected chi connectivity index (χ3v) is 9.60. The van der Waals surface area contributed by atoms with Crippen molar-refractivity contribution in [3.63, 3.8) is 0 Å².